The number of hydrogen-bond acceptors (Lipinski definition) is 2. The summed E-state index contributed by atoms with van der Waals surface area (Å²) >= 11 is 0. The highest BCUT2D eigenvalue weighted by Crippen LogP contribution is 2.23. The van der Waals surface area contributed by atoms with Crippen LogP contribution in [0.25, 0.3) is 0 Å². The van der Waals surface area contributed by atoms with Crippen LogP contribution in [0.4, 0.5) is 5.69 Å². The highest BCUT2D eigenvalue weighted by Gasteiger charge is 2.16. The number of anilines is 1. The molecule has 0 bridgehead atoms. The number of nitrogens with two attached hydrogens (primary N) is 1. The summed E-state index contributed by atoms with van der Waals surface area (Å²) in [6.45, 7) is 6.09. The molecular formula is C12H19NOS. The van der Waals surface area contributed by atoms with Crippen LogP contribution in [-0.4, -0.2) is 9.46 Å². The molecule has 0 radical (unpaired) electrons. The monoisotopic (exact) mass is 225 g/mol. The van der Waals surface area contributed by atoms with E-state index in [4.69, 9.17) is 5.73 Å². The fraction of sp³-hybridized carbons (Fsp3) is 0.500. The third kappa shape index (κ3) is 2.59. The average Bonchev–Trinajstić information content (AvgIpc) is 2.23. The van der Waals surface area contributed by atoms with Gasteiger partial charge in [0.1, 0.15) is 0 Å². The van der Waals surface area contributed by atoms with E-state index >= 15 is 0 Å². The maximum absolute atomic E-state index is 12.2. The molecule has 0 spiro atoms. The van der Waals surface area contributed by atoms with Gasteiger partial charge in [-0.25, -0.2) is 0 Å². The molecule has 0 aliphatic carbocycles. The Balaban J connectivity index is 3.05. The van der Waals surface area contributed by atoms with Gasteiger partial charge in [0.15, 0.2) is 0 Å². The van der Waals surface area contributed by atoms with Crippen LogP contribution in [-0.2, 0) is 10.8 Å². The summed E-state index contributed by atoms with van der Waals surface area (Å²) < 4.78 is 12.2. The van der Waals surface area contributed by atoms with Gasteiger partial charge in [-0.3, -0.25) is 4.21 Å². The smallest absolute Gasteiger partial charge is 0.0564 e. The molecule has 0 saturated heterocycles. The summed E-state index contributed by atoms with van der Waals surface area (Å²) in [6.07, 6.45) is 1.88. The highest BCUT2D eigenvalue weighted by atomic mass is 32.2. The maximum atomic E-state index is 12.2. The lowest BCUT2D eigenvalue weighted by molar-refractivity contribution is 0.657. The first-order valence-corrected chi connectivity index (χ1v) is 6.58. The molecule has 1 aromatic rings. The molecule has 0 aliphatic heterocycles. The molecule has 1 rings (SSSR count). The van der Waals surface area contributed by atoms with Crippen LogP contribution in [0.1, 0.15) is 32.3 Å². The van der Waals surface area contributed by atoms with Crippen LogP contribution in [0.5, 0.6) is 0 Å². The van der Waals surface area contributed by atoms with Crippen LogP contribution in [0.3, 0.4) is 0 Å². The lowest BCUT2D eigenvalue weighted by Gasteiger charge is -2.14. The van der Waals surface area contributed by atoms with Crippen molar-refractivity contribution in [2.75, 3.05) is 5.73 Å². The lowest BCUT2D eigenvalue weighted by atomic mass is 10.2. The molecule has 2 N–H and O–H groups in total. The molecule has 1 unspecified atom stereocenters. The topological polar surface area (TPSA) is 43.1 Å². The fourth-order valence-corrected chi connectivity index (χ4v) is 3.22. The van der Waals surface area contributed by atoms with Gasteiger partial charge in [0.25, 0.3) is 0 Å². The molecule has 0 amide bonds. The summed E-state index contributed by atoms with van der Waals surface area (Å²) in [7, 11) is -0.923. The Kier molecular flexibility index (Phi) is 4.33. The predicted molar refractivity (Wildman–Crippen MR) is 66.4 cm³/mol. The molecule has 84 valence electrons. The van der Waals surface area contributed by atoms with Crippen molar-refractivity contribution in [2.45, 2.75) is 43.8 Å². The summed E-state index contributed by atoms with van der Waals surface area (Å²) in [5.41, 5.74) is 7.50. The van der Waals surface area contributed by atoms with Gasteiger partial charge in [-0.1, -0.05) is 19.9 Å². The van der Waals surface area contributed by atoms with Crippen LogP contribution in [0, 0.1) is 6.92 Å². The van der Waals surface area contributed by atoms with Crippen molar-refractivity contribution < 1.29 is 4.21 Å². The Morgan fingerprint density at radius 2 is 1.93 bits per heavy atom. The van der Waals surface area contributed by atoms with Crippen molar-refractivity contribution in [3.63, 3.8) is 0 Å². The number of rotatable bonds is 4. The minimum Gasteiger partial charge on any atom is -0.398 e. The lowest BCUT2D eigenvalue weighted by Crippen LogP contribution is -2.14. The first kappa shape index (κ1) is 12.2. The minimum absolute atomic E-state index is 0.241. The second kappa shape index (κ2) is 5.31. The Labute approximate surface area is 94.3 Å². The largest absolute Gasteiger partial charge is 0.398 e. The van der Waals surface area contributed by atoms with Crippen LogP contribution in [0.2, 0.25) is 0 Å². The van der Waals surface area contributed by atoms with Gasteiger partial charge in [0.05, 0.1) is 10.8 Å². The zero-order valence-electron chi connectivity index (χ0n) is 9.62. The molecule has 0 aromatic heterocycles. The molecule has 1 aromatic carbocycles. The predicted octanol–water partition coefficient (Wildman–Crippen LogP) is 2.87. The van der Waals surface area contributed by atoms with E-state index in [0.717, 1.165) is 29.0 Å². The third-order valence-electron chi connectivity index (χ3n) is 2.76. The van der Waals surface area contributed by atoms with E-state index in [2.05, 4.69) is 13.8 Å². The van der Waals surface area contributed by atoms with E-state index in [1.807, 2.05) is 25.1 Å². The summed E-state index contributed by atoms with van der Waals surface area (Å²) in [5.74, 6) is 0. The molecule has 2 nitrogen and oxygen atoms in total. The Morgan fingerprint density at radius 3 is 2.47 bits per heavy atom. The van der Waals surface area contributed by atoms with Crippen LogP contribution in [0.15, 0.2) is 23.1 Å². The zero-order chi connectivity index (χ0) is 11.4. The van der Waals surface area contributed by atoms with Gasteiger partial charge in [0.2, 0.25) is 0 Å². The average molecular weight is 225 g/mol. The van der Waals surface area contributed by atoms with Crippen LogP contribution < -0.4 is 5.73 Å². The molecule has 3 heteroatoms. The first-order chi connectivity index (χ1) is 7.11. The van der Waals surface area contributed by atoms with E-state index in [-0.39, 0.29) is 5.25 Å². The van der Waals surface area contributed by atoms with Gasteiger partial charge in [-0.2, -0.15) is 0 Å². The standard InChI is InChI=1S/C12H19NOS/c1-4-10(5-2)15(14)12-8-6-7-11(13)9(12)3/h6-8,10H,4-5,13H2,1-3H3. The van der Waals surface area contributed by atoms with E-state index in [0.29, 0.717) is 0 Å². The summed E-state index contributed by atoms with van der Waals surface area (Å²) in [5, 5.41) is 0.241. The minimum atomic E-state index is -0.923. The second-order valence-electron chi connectivity index (χ2n) is 3.71. The summed E-state index contributed by atoms with van der Waals surface area (Å²) in [4.78, 5) is 0.892. The van der Waals surface area contributed by atoms with E-state index in [1.54, 1.807) is 0 Å². The molecule has 0 saturated carbocycles. The van der Waals surface area contributed by atoms with Crippen LogP contribution >= 0.6 is 0 Å². The summed E-state index contributed by atoms with van der Waals surface area (Å²) in [6, 6.07) is 5.64. The van der Waals surface area contributed by atoms with E-state index < -0.39 is 10.8 Å². The Hall–Kier alpha value is -0.830. The van der Waals surface area contributed by atoms with Crippen molar-refractivity contribution >= 4 is 16.5 Å². The second-order valence-corrected chi connectivity index (χ2v) is 5.41. The fourth-order valence-electron chi connectivity index (χ4n) is 1.62. The highest BCUT2D eigenvalue weighted by molar-refractivity contribution is 7.85. The van der Waals surface area contributed by atoms with Gasteiger partial charge in [0, 0.05) is 15.8 Å². The number of benzene rings is 1. The Bertz CT molecular complexity index is 359. The normalized spacial score (nSPS) is 13.1. The van der Waals surface area contributed by atoms with Crippen molar-refractivity contribution in [2.24, 2.45) is 0 Å². The van der Waals surface area contributed by atoms with E-state index in [9.17, 15) is 4.21 Å². The number of hydrogen-bond donors (Lipinski definition) is 1. The quantitative estimate of drug-likeness (QED) is 0.801. The van der Waals surface area contributed by atoms with Gasteiger partial charge >= 0.3 is 0 Å². The van der Waals surface area contributed by atoms with E-state index in [1.165, 1.54) is 0 Å². The molecule has 0 heterocycles. The molecule has 1 atom stereocenters. The molecule has 15 heavy (non-hydrogen) atoms. The zero-order valence-corrected chi connectivity index (χ0v) is 10.4. The van der Waals surface area contributed by atoms with Crippen molar-refractivity contribution in [3.8, 4) is 0 Å². The van der Waals surface area contributed by atoms with Crippen molar-refractivity contribution in [1.82, 2.24) is 0 Å². The maximum Gasteiger partial charge on any atom is 0.0564 e. The van der Waals surface area contributed by atoms with Crippen molar-refractivity contribution in [1.29, 1.82) is 0 Å². The van der Waals surface area contributed by atoms with Gasteiger partial charge in [-0.15, -0.1) is 0 Å². The molecule has 0 fully saturated rings. The van der Waals surface area contributed by atoms with Gasteiger partial charge in [-0.05, 0) is 37.5 Å². The third-order valence-corrected chi connectivity index (χ3v) is 4.90. The SMILES string of the molecule is CCC(CC)S(=O)c1cccc(N)c1C. The van der Waals surface area contributed by atoms with Crippen molar-refractivity contribution in [3.05, 3.63) is 23.8 Å². The molecular weight excluding hydrogens is 206 g/mol. The Morgan fingerprint density at radius 1 is 1.33 bits per heavy atom. The first-order valence-electron chi connectivity index (χ1n) is 5.37. The molecule has 0 aliphatic rings. The van der Waals surface area contributed by atoms with Gasteiger partial charge < -0.3 is 5.73 Å². The number of nitrogen functional groups attached to an aromatic ring is 1.